The highest BCUT2D eigenvalue weighted by molar-refractivity contribution is 5.63. The predicted molar refractivity (Wildman–Crippen MR) is 141 cm³/mol. The molecule has 184 valence electrons. The van der Waals surface area contributed by atoms with Crippen LogP contribution in [0, 0.1) is 22.7 Å². The first-order valence-corrected chi connectivity index (χ1v) is 13.2. The van der Waals surface area contributed by atoms with Crippen molar-refractivity contribution >= 4 is 11.5 Å². The summed E-state index contributed by atoms with van der Waals surface area (Å²) in [7, 11) is 0. The summed E-state index contributed by atoms with van der Waals surface area (Å²) in [4.78, 5) is 12.5. The summed E-state index contributed by atoms with van der Waals surface area (Å²) in [6.07, 6.45) is 6.92. The zero-order chi connectivity index (χ0) is 24.9. The first kappa shape index (κ1) is 23.7. The summed E-state index contributed by atoms with van der Waals surface area (Å²) in [5, 5.41) is 10.00. The Morgan fingerprint density at radius 3 is 2.66 bits per heavy atom. The van der Waals surface area contributed by atoms with E-state index in [0.717, 1.165) is 86.6 Å². The number of allylic oxidation sites excluding steroid dienone is 1. The molecule has 2 atom stereocenters. The maximum absolute atomic E-state index is 10.00. The summed E-state index contributed by atoms with van der Waals surface area (Å²) in [6.45, 7) is 12.6. The van der Waals surface area contributed by atoms with Gasteiger partial charge in [-0.1, -0.05) is 33.4 Å². The quantitative estimate of drug-likeness (QED) is 0.578. The van der Waals surface area contributed by atoms with Gasteiger partial charge in [0.05, 0.1) is 11.3 Å². The van der Waals surface area contributed by atoms with Gasteiger partial charge in [0, 0.05) is 41.9 Å². The number of fused-ring (bicyclic) bond motifs is 1. The van der Waals surface area contributed by atoms with Crippen LogP contribution in [0.25, 0.3) is 0 Å². The van der Waals surface area contributed by atoms with Crippen molar-refractivity contribution in [2.45, 2.75) is 77.6 Å². The molecule has 2 heterocycles. The largest absolute Gasteiger partial charge is 0.402 e. The SMILES string of the molecule is C=C(N)C1CC2(C1)CN(c1nc(CC)nc3c1CCC(c1c(C(C)CC)ccc(N)c1C#N)C3)C2. The molecule has 2 aliphatic carbocycles. The number of hydrogen-bond donors (Lipinski definition) is 2. The molecule has 2 unspecified atom stereocenters. The van der Waals surface area contributed by atoms with Gasteiger partial charge in [0.15, 0.2) is 0 Å². The van der Waals surface area contributed by atoms with Crippen LogP contribution < -0.4 is 16.4 Å². The van der Waals surface area contributed by atoms with Gasteiger partial charge < -0.3 is 16.4 Å². The molecule has 4 N–H and O–H groups in total. The second-order valence-electron chi connectivity index (χ2n) is 11.2. The number of hydrogen-bond acceptors (Lipinski definition) is 6. The number of aryl methyl sites for hydroxylation is 1. The third-order valence-corrected chi connectivity index (χ3v) is 8.83. The Labute approximate surface area is 209 Å². The molecule has 6 heteroatoms. The molecule has 0 radical (unpaired) electrons. The van der Waals surface area contributed by atoms with E-state index in [1.165, 1.54) is 11.1 Å². The molecule has 0 amide bonds. The van der Waals surface area contributed by atoms with Gasteiger partial charge in [0.1, 0.15) is 17.7 Å². The molecule has 1 spiro atoms. The van der Waals surface area contributed by atoms with Gasteiger partial charge in [-0.15, -0.1) is 0 Å². The third-order valence-electron chi connectivity index (χ3n) is 8.83. The van der Waals surface area contributed by atoms with Crippen molar-refractivity contribution in [3.8, 4) is 6.07 Å². The molecule has 6 nitrogen and oxygen atoms in total. The number of anilines is 2. The maximum Gasteiger partial charge on any atom is 0.135 e. The number of benzene rings is 1. The number of nitrogens with two attached hydrogens (primary N) is 2. The lowest BCUT2D eigenvalue weighted by Gasteiger charge is -2.60. The van der Waals surface area contributed by atoms with Crippen LogP contribution in [-0.4, -0.2) is 23.1 Å². The molecule has 3 aliphatic rings. The molecule has 1 aromatic heterocycles. The van der Waals surface area contributed by atoms with Crippen LogP contribution in [0.15, 0.2) is 24.4 Å². The summed E-state index contributed by atoms with van der Waals surface area (Å²) in [6, 6.07) is 6.47. The number of nitrogen functional groups attached to an aromatic ring is 1. The zero-order valence-electron chi connectivity index (χ0n) is 21.4. The Hall–Kier alpha value is -3.07. The monoisotopic (exact) mass is 470 g/mol. The highest BCUT2D eigenvalue weighted by Crippen LogP contribution is 2.54. The van der Waals surface area contributed by atoms with E-state index in [9.17, 15) is 5.26 Å². The van der Waals surface area contributed by atoms with Crippen LogP contribution in [-0.2, 0) is 19.3 Å². The topological polar surface area (TPSA) is 105 Å². The zero-order valence-corrected chi connectivity index (χ0v) is 21.4. The van der Waals surface area contributed by atoms with Crippen molar-refractivity contribution in [3.63, 3.8) is 0 Å². The van der Waals surface area contributed by atoms with Crippen LogP contribution in [0.1, 0.15) is 92.1 Å². The van der Waals surface area contributed by atoms with Crippen molar-refractivity contribution in [2.24, 2.45) is 17.1 Å². The Morgan fingerprint density at radius 1 is 1.29 bits per heavy atom. The van der Waals surface area contributed by atoms with Crippen molar-refractivity contribution in [1.29, 1.82) is 5.26 Å². The van der Waals surface area contributed by atoms with Crippen LogP contribution in [0.5, 0.6) is 0 Å². The molecule has 0 bridgehead atoms. The molecule has 1 saturated heterocycles. The van der Waals surface area contributed by atoms with Gasteiger partial charge in [-0.2, -0.15) is 5.26 Å². The predicted octanol–water partition coefficient (Wildman–Crippen LogP) is 4.97. The van der Waals surface area contributed by atoms with E-state index in [-0.39, 0.29) is 5.92 Å². The summed E-state index contributed by atoms with van der Waals surface area (Å²) >= 11 is 0. The second-order valence-corrected chi connectivity index (χ2v) is 11.2. The van der Waals surface area contributed by atoms with Gasteiger partial charge >= 0.3 is 0 Å². The molecule has 1 aliphatic heterocycles. The van der Waals surface area contributed by atoms with Crippen molar-refractivity contribution < 1.29 is 0 Å². The molecule has 1 saturated carbocycles. The fourth-order valence-corrected chi connectivity index (χ4v) is 6.60. The molecule has 1 aromatic carbocycles. The highest BCUT2D eigenvalue weighted by atomic mass is 15.3. The molecule has 2 fully saturated rings. The number of rotatable bonds is 6. The Morgan fingerprint density at radius 2 is 2.03 bits per heavy atom. The third kappa shape index (κ3) is 3.95. The van der Waals surface area contributed by atoms with Gasteiger partial charge in [-0.3, -0.25) is 0 Å². The number of nitrogens with zero attached hydrogens (tertiary/aromatic N) is 4. The van der Waals surface area contributed by atoms with Crippen molar-refractivity contribution in [1.82, 2.24) is 9.97 Å². The Bertz CT molecular complexity index is 1190. The van der Waals surface area contributed by atoms with E-state index in [0.29, 0.717) is 28.5 Å². The van der Waals surface area contributed by atoms with Crippen LogP contribution in [0.2, 0.25) is 0 Å². The minimum Gasteiger partial charge on any atom is -0.402 e. The van der Waals surface area contributed by atoms with E-state index < -0.39 is 0 Å². The van der Waals surface area contributed by atoms with E-state index in [4.69, 9.17) is 21.4 Å². The van der Waals surface area contributed by atoms with Crippen molar-refractivity contribution in [2.75, 3.05) is 23.7 Å². The summed E-state index contributed by atoms with van der Waals surface area (Å²) in [5.41, 5.74) is 19.6. The lowest BCUT2D eigenvalue weighted by atomic mass is 9.57. The van der Waals surface area contributed by atoms with E-state index in [1.807, 2.05) is 6.07 Å². The fraction of sp³-hybridized carbons (Fsp3) is 0.552. The van der Waals surface area contributed by atoms with Gasteiger partial charge in [0.25, 0.3) is 0 Å². The first-order chi connectivity index (χ1) is 16.8. The Balaban J connectivity index is 1.45. The Kier molecular flexibility index (Phi) is 5.99. The van der Waals surface area contributed by atoms with Crippen molar-refractivity contribution in [3.05, 3.63) is 58.2 Å². The van der Waals surface area contributed by atoms with E-state index in [1.54, 1.807) is 0 Å². The summed E-state index contributed by atoms with van der Waals surface area (Å²) < 4.78 is 0. The van der Waals surface area contributed by atoms with Crippen LogP contribution in [0.3, 0.4) is 0 Å². The smallest absolute Gasteiger partial charge is 0.135 e. The van der Waals surface area contributed by atoms with E-state index in [2.05, 4.69) is 44.4 Å². The maximum atomic E-state index is 10.00. The number of nitriles is 1. The number of aromatic nitrogens is 2. The summed E-state index contributed by atoms with van der Waals surface area (Å²) in [5.74, 6) is 3.18. The van der Waals surface area contributed by atoms with Crippen LogP contribution >= 0.6 is 0 Å². The van der Waals surface area contributed by atoms with Gasteiger partial charge in [0.2, 0.25) is 0 Å². The van der Waals surface area contributed by atoms with Gasteiger partial charge in [-0.25, -0.2) is 9.97 Å². The molecule has 35 heavy (non-hydrogen) atoms. The minimum atomic E-state index is 0.253. The molecule has 5 rings (SSSR count). The molecular formula is C29H38N6. The average molecular weight is 471 g/mol. The average Bonchev–Trinajstić information content (AvgIpc) is 2.80. The second kappa shape index (κ2) is 8.86. The van der Waals surface area contributed by atoms with Crippen LogP contribution in [0.4, 0.5) is 11.5 Å². The first-order valence-electron chi connectivity index (χ1n) is 13.2. The molecule has 2 aromatic rings. The minimum absolute atomic E-state index is 0.253. The highest BCUT2D eigenvalue weighted by Gasteiger charge is 2.53. The normalized spacial score (nSPS) is 21.5. The lowest BCUT2D eigenvalue weighted by molar-refractivity contribution is 0.0411. The van der Waals surface area contributed by atoms with E-state index >= 15 is 0 Å². The van der Waals surface area contributed by atoms with Gasteiger partial charge in [-0.05, 0) is 73.5 Å². The standard InChI is InChI=1S/C29H38N6/c1-5-17(3)21-9-10-24(32)23(14-30)27(21)19-7-8-22-25(11-19)33-26(6-2)34-28(22)35-15-29(16-35)12-20(13-29)18(4)31/h9-10,17,19-20H,4-8,11-13,15-16,31-32H2,1-3H3. The fourth-order valence-electron chi connectivity index (χ4n) is 6.60. The molecular weight excluding hydrogens is 432 g/mol. The lowest BCUT2D eigenvalue weighted by Crippen LogP contribution is -2.63.